The first-order valence-electron chi connectivity index (χ1n) is 3.85. The third-order valence-corrected chi connectivity index (χ3v) is 2.32. The molecule has 0 atom stereocenters. The lowest BCUT2D eigenvalue weighted by Crippen LogP contribution is -2.04. The van der Waals surface area contributed by atoms with Crippen molar-refractivity contribution in [3.63, 3.8) is 0 Å². The van der Waals surface area contributed by atoms with Crippen LogP contribution in [0.1, 0.15) is 12.5 Å². The van der Waals surface area contributed by atoms with Crippen LogP contribution < -0.4 is 4.74 Å². The highest BCUT2D eigenvalue weighted by atomic mass is 79.9. The van der Waals surface area contributed by atoms with Crippen molar-refractivity contribution >= 4 is 22.0 Å². The van der Waals surface area contributed by atoms with E-state index >= 15 is 0 Å². The minimum Gasteiger partial charge on any atom is -0.489 e. The van der Waals surface area contributed by atoms with Gasteiger partial charge in [-0.1, -0.05) is 15.9 Å². The molecule has 0 radical (unpaired) electrons. The van der Waals surface area contributed by atoms with Crippen molar-refractivity contribution in [2.45, 2.75) is 6.92 Å². The molecule has 0 fully saturated rings. The van der Waals surface area contributed by atoms with Gasteiger partial charge >= 0.3 is 0 Å². The van der Waals surface area contributed by atoms with Crippen molar-refractivity contribution in [1.82, 2.24) is 0 Å². The Morgan fingerprint density at radius 1 is 1.42 bits per heavy atom. The van der Waals surface area contributed by atoms with E-state index in [0.29, 0.717) is 6.61 Å². The Morgan fingerprint density at radius 2 is 2.25 bits per heavy atom. The van der Waals surface area contributed by atoms with Crippen molar-refractivity contribution in [2.75, 3.05) is 6.61 Å². The van der Waals surface area contributed by atoms with Crippen molar-refractivity contribution in [3.8, 4) is 5.75 Å². The molecule has 0 amide bonds. The summed E-state index contributed by atoms with van der Waals surface area (Å²) in [5, 5.41) is 0. The maximum Gasteiger partial charge on any atom is 0.127 e. The summed E-state index contributed by atoms with van der Waals surface area (Å²) in [6.07, 6.45) is 2.16. The molecule has 0 spiro atoms. The van der Waals surface area contributed by atoms with Crippen molar-refractivity contribution in [1.29, 1.82) is 0 Å². The van der Waals surface area contributed by atoms with Crippen molar-refractivity contribution < 1.29 is 4.74 Å². The number of rotatable bonds is 0. The SMILES string of the molecule is CC1=Cc2cc(Br)ccc2OC1. The highest BCUT2D eigenvalue weighted by Gasteiger charge is 2.07. The lowest BCUT2D eigenvalue weighted by molar-refractivity contribution is 0.347. The van der Waals surface area contributed by atoms with E-state index in [0.717, 1.165) is 15.8 Å². The van der Waals surface area contributed by atoms with Gasteiger partial charge in [-0.05, 0) is 36.8 Å². The molecule has 0 bridgehead atoms. The Bertz CT molecular complexity index is 342. The molecule has 1 heterocycles. The van der Waals surface area contributed by atoms with Crippen molar-refractivity contribution in [2.24, 2.45) is 0 Å². The fraction of sp³-hybridized carbons (Fsp3) is 0.200. The van der Waals surface area contributed by atoms with Crippen LogP contribution in [0.25, 0.3) is 6.08 Å². The molecule has 0 aromatic heterocycles. The second kappa shape index (κ2) is 2.94. The molecule has 1 aliphatic heterocycles. The van der Waals surface area contributed by atoms with E-state index in [-0.39, 0.29) is 0 Å². The van der Waals surface area contributed by atoms with Crippen LogP contribution in [0.15, 0.2) is 28.2 Å². The van der Waals surface area contributed by atoms with E-state index in [1.54, 1.807) is 0 Å². The van der Waals surface area contributed by atoms with Gasteiger partial charge in [-0.3, -0.25) is 0 Å². The fourth-order valence-corrected chi connectivity index (χ4v) is 1.64. The average molecular weight is 225 g/mol. The Labute approximate surface area is 80.2 Å². The van der Waals surface area contributed by atoms with Crippen LogP contribution in [-0.2, 0) is 0 Å². The van der Waals surface area contributed by atoms with Crippen LogP contribution in [0, 0.1) is 0 Å². The molecule has 1 aromatic rings. The third kappa shape index (κ3) is 1.39. The molecule has 2 rings (SSSR count). The molecular weight excluding hydrogens is 216 g/mol. The molecule has 12 heavy (non-hydrogen) atoms. The summed E-state index contributed by atoms with van der Waals surface area (Å²) in [5.41, 5.74) is 2.42. The lowest BCUT2D eigenvalue weighted by Gasteiger charge is -2.15. The van der Waals surface area contributed by atoms with E-state index in [1.807, 2.05) is 12.1 Å². The zero-order valence-electron chi connectivity index (χ0n) is 6.80. The van der Waals surface area contributed by atoms with Crippen LogP contribution in [0.3, 0.4) is 0 Å². The van der Waals surface area contributed by atoms with Crippen LogP contribution in [0.5, 0.6) is 5.75 Å². The zero-order valence-corrected chi connectivity index (χ0v) is 8.39. The average Bonchev–Trinajstić information content (AvgIpc) is 2.03. The van der Waals surface area contributed by atoms with Gasteiger partial charge in [0.05, 0.1) is 0 Å². The number of hydrogen-bond donors (Lipinski definition) is 0. The quantitative estimate of drug-likeness (QED) is 0.658. The minimum atomic E-state index is 0.717. The molecule has 0 saturated heterocycles. The molecule has 2 heteroatoms. The number of hydrogen-bond acceptors (Lipinski definition) is 1. The van der Waals surface area contributed by atoms with Crippen LogP contribution in [0.2, 0.25) is 0 Å². The Hall–Kier alpha value is -0.760. The molecule has 0 unspecified atom stereocenters. The first-order chi connectivity index (χ1) is 5.75. The summed E-state index contributed by atoms with van der Waals surface area (Å²) >= 11 is 3.43. The maximum absolute atomic E-state index is 5.50. The summed E-state index contributed by atoms with van der Waals surface area (Å²) in [6.45, 7) is 2.79. The highest BCUT2D eigenvalue weighted by molar-refractivity contribution is 9.10. The first kappa shape index (κ1) is 7.87. The van der Waals surface area contributed by atoms with E-state index in [4.69, 9.17) is 4.74 Å². The topological polar surface area (TPSA) is 9.23 Å². The summed E-state index contributed by atoms with van der Waals surface area (Å²) in [4.78, 5) is 0. The largest absolute Gasteiger partial charge is 0.489 e. The molecule has 1 aliphatic rings. The molecule has 1 aromatic carbocycles. The van der Waals surface area contributed by atoms with Gasteiger partial charge in [-0.15, -0.1) is 0 Å². The van der Waals surface area contributed by atoms with Crippen LogP contribution in [-0.4, -0.2) is 6.61 Å². The third-order valence-electron chi connectivity index (χ3n) is 1.83. The molecule has 0 aliphatic carbocycles. The molecule has 62 valence electrons. The summed E-state index contributed by atoms with van der Waals surface area (Å²) < 4.78 is 6.59. The number of fused-ring (bicyclic) bond motifs is 1. The highest BCUT2D eigenvalue weighted by Crippen LogP contribution is 2.28. The monoisotopic (exact) mass is 224 g/mol. The van der Waals surface area contributed by atoms with E-state index in [1.165, 1.54) is 5.57 Å². The zero-order chi connectivity index (χ0) is 8.55. The summed E-state index contributed by atoms with van der Waals surface area (Å²) in [5.74, 6) is 0.976. The van der Waals surface area contributed by atoms with E-state index in [2.05, 4.69) is 35.0 Å². The molecule has 0 saturated carbocycles. The predicted molar refractivity (Wildman–Crippen MR) is 53.3 cm³/mol. The van der Waals surface area contributed by atoms with Gasteiger partial charge in [0.1, 0.15) is 12.4 Å². The fourth-order valence-electron chi connectivity index (χ4n) is 1.26. The molecule has 1 nitrogen and oxygen atoms in total. The second-order valence-corrected chi connectivity index (χ2v) is 3.88. The number of halogens is 1. The standard InChI is InChI=1S/C10H9BrO/c1-7-4-8-5-9(11)2-3-10(8)12-6-7/h2-5H,6H2,1H3. The Morgan fingerprint density at radius 3 is 3.08 bits per heavy atom. The van der Waals surface area contributed by atoms with E-state index < -0.39 is 0 Å². The number of ether oxygens (including phenoxy) is 1. The number of benzene rings is 1. The van der Waals surface area contributed by atoms with Crippen LogP contribution >= 0.6 is 15.9 Å². The normalized spacial score (nSPS) is 14.7. The minimum absolute atomic E-state index is 0.717. The lowest BCUT2D eigenvalue weighted by atomic mass is 10.1. The first-order valence-corrected chi connectivity index (χ1v) is 4.64. The second-order valence-electron chi connectivity index (χ2n) is 2.96. The Balaban J connectivity index is 2.53. The summed E-state index contributed by atoms with van der Waals surface area (Å²) in [7, 11) is 0. The smallest absolute Gasteiger partial charge is 0.127 e. The van der Waals surface area contributed by atoms with Gasteiger partial charge in [-0.25, -0.2) is 0 Å². The Kier molecular flexibility index (Phi) is 1.93. The van der Waals surface area contributed by atoms with E-state index in [9.17, 15) is 0 Å². The van der Waals surface area contributed by atoms with Crippen molar-refractivity contribution in [3.05, 3.63) is 33.8 Å². The van der Waals surface area contributed by atoms with Crippen LogP contribution in [0.4, 0.5) is 0 Å². The predicted octanol–water partition coefficient (Wildman–Crippen LogP) is 3.24. The van der Waals surface area contributed by atoms with Gasteiger partial charge in [0, 0.05) is 10.0 Å². The van der Waals surface area contributed by atoms with Gasteiger partial charge in [-0.2, -0.15) is 0 Å². The molecular formula is C10H9BrO. The van der Waals surface area contributed by atoms with Gasteiger partial charge in [0.15, 0.2) is 0 Å². The maximum atomic E-state index is 5.50. The molecule has 0 N–H and O–H groups in total. The summed E-state index contributed by atoms with van der Waals surface area (Å²) in [6, 6.07) is 6.05. The van der Waals surface area contributed by atoms with Gasteiger partial charge in [0.25, 0.3) is 0 Å². The van der Waals surface area contributed by atoms with Gasteiger partial charge in [0.2, 0.25) is 0 Å². The van der Waals surface area contributed by atoms with Gasteiger partial charge < -0.3 is 4.74 Å².